The average molecular weight is 508 g/mol. The van der Waals surface area contributed by atoms with Gasteiger partial charge in [-0.05, 0) is 55.5 Å². The third kappa shape index (κ3) is 4.81. The van der Waals surface area contributed by atoms with Crippen LogP contribution in [-0.4, -0.2) is 19.3 Å². The number of halogens is 2. The van der Waals surface area contributed by atoms with Crippen molar-refractivity contribution in [3.05, 3.63) is 81.5 Å². The Labute approximate surface area is 198 Å². The second kappa shape index (κ2) is 8.95. The molecule has 32 heavy (non-hydrogen) atoms. The van der Waals surface area contributed by atoms with Gasteiger partial charge in [-0.1, -0.05) is 23.2 Å². The number of aryl methyl sites for hydroxylation is 1. The molecule has 2 aromatic carbocycles. The highest BCUT2D eigenvalue weighted by Gasteiger charge is 2.18. The van der Waals surface area contributed by atoms with Gasteiger partial charge in [0.1, 0.15) is 11.5 Å². The van der Waals surface area contributed by atoms with Gasteiger partial charge in [0.25, 0.3) is 15.9 Å². The van der Waals surface area contributed by atoms with E-state index in [4.69, 9.17) is 27.6 Å². The SMILES string of the molecule is Cc1oc(-c2ccc(Cl)c(Cl)c2)cc1C(=O)Nc1ccc(S(=O)(=O)Nc2nccs2)cc1. The summed E-state index contributed by atoms with van der Waals surface area (Å²) in [5.41, 5.74) is 1.46. The largest absolute Gasteiger partial charge is 0.461 e. The van der Waals surface area contributed by atoms with Gasteiger partial charge in [-0.15, -0.1) is 11.3 Å². The van der Waals surface area contributed by atoms with E-state index in [-0.39, 0.29) is 10.0 Å². The molecule has 0 atom stereocenters. The second-order valence-corrected chi connectivity index (χ2v) is 10.0. The van der Waals surface area contributed by atoms with Gasteiger partial charge in [0.05, 0.1) is 20.5 Å². The molecule has 0 aliphatic heterocycles. The quantitative estimate of drug-likeness (QED) is 0.329. The van der Waals surface area contributed by atoms with Crippen molar-refractivity contribution >= 4 is 61.3 Å². The predicted molar refractivity (Wildman–Crippen MR) is 126 cm³/mol. The number of thiazole rings is 1. The smallest absolute Gasteiger partial charge is 0.263 e. The van der Waals surface area contributed by atoms with E-state index in [0.717, 1.165) is 0 Å². The summed E-state index contributed by atoms with van der Waals surface area (Å²) in [7, 11) is -3.77. The normalized spacial score (nSPS) is 11.3. The first-order valence-corrected chi connectivity index (χ1v) is 12.2. The summed E-state index contributed by atoms with van der Waals surface area (Å²) in [6, 6.07) is 12.5. The summed E-state index contributed by atoms with van der Waals surface area (Å²) in [5, 5.41) is 5.48. The minimum atomic E-state index is -3.77. The van der Waals surface area contributed by atoms with E-state index in [9.17, 15) is 13.2 Å². The summed E-state index contributed by atoms with van der Waals surface area (Å²) in [5.74, 6) is 0.505. The highest BCUT2D eigenvalue weighted by molar-refractivity contribution is 7.93. The van der Waals surface area contributed by atoms with Crippen LogP contribution in [0.15, 0.2) is 69.4 Å². The van der Waals surface area contributed by atoms with Crippen LogP contribution in [0.2, 0.25) is 10.0 Å². The number of rotatable bonds is 6. The Morgan fingerprint density at radius 1 is 1.06 bits per heavy atom. The lowest BCUT2D eigenvalue weighted by atomic mass is 10.1. The number of anilines is 2. The second-order valence-electron chi connectivity index (χ2n) is 6.63. The van der Waals surface area contributed by atoms with Gasteiger partial charge >= 0.3 is 0 Å². The number of nitrogens with zero attached hydrogens (tertiary/aromatic N) is 1. The fraction of sp³-hybridized carbons (Fsp3) is 0.0476. The molecule has 164 valence electrons. The van der Waals surface area contributed by atoms with Crippen LogP contribution in [0, 0.1) is 6.92 Å². The van der Waals surface area contributed by atoms with E-state index < -0.39 is 15.9 Å². The number of hydrogen-bond acceptors (Lipinski definition) is 6. The molecule has 0 unspecified atom stereocenters. The monoisotopic (exact) mass is 507 g/mol. The van der Waals surface area contributed by atoms with E-state index in [2.05, 4.69) is 15.0 Å². The van der Waals surface area contributed by atoms with Gasteiger partial charge < -0.3 is 9.73 Å². The standard InChI is InChI=1S/C21H15Cl2N3O4S2/c1-12-16(11-19(30-12)13-2-7-17(22)18(23)10-13)20(27)25-14-3-5-15(6-4-14)32(28,29)26-21-24-8-9-31-21/h2-11H,1H3,(H,24,26)(H,25,27). The van der Waals surface area contributed by atoms with Crippen LogP contribution in [0.25, 0.3) is 11.3 Å². The van der Waals surface area contributed by atoms with Crippen LogP contribution >= 0.6 is 34.5 Å². The highest BCUT2D eigenvalue weighted by Crippen LogP contribution is 2.31. The topological polar surface area (TPSA) is 101 Å². The lowest BCUT2D eigenvalue weighted by Crippen LogP contribution is -2.14. The number of furan rings is 1. The Hall–Kier alpha value is -2.85. The zero-order valence-corrected chi connectivity index (χ0v) is 19.6. The number of nitrogens with one attached hydrogen (secondary N) is 2. The Morgan fingerprint density at radius 2 is 1.81 bits per heavy atom. The first-order chi connectivity index (χ1) is 15.2. The minimum absolute atomic E-state index is 0.0482. The summed E-state index contributed by atoms with van der Waals surface area (Å²) in [6.07, 6.45) is 1.51. The molecule has 0 saturated heterocycles. The molecule has 2 heterocycles. The minimum Gasteiger partial charge on any atom is -0.461 e. The molecule has 11 heteroatoms. The molecule has 1 amide bonds. The fourth-order valence-electron chi connectivity index (χ4n) is 2.86. The first-order valence-electron chi connectivity index (χ1n) is 9.12. The van der Waals surface area contributed by atoms with E-state index >= 15 is 0 Å². The lowest BCUT2D eigenvalue weighted by molar-refractivity contribution is 0.102. The maximum absolute atomic E-state index is 12.7. The molecule has 0 saturated carbocycles. The molecular weight excluding hydrogens is 493 g/mol. The molecule has 2 N–H and O–H groups in total. The zero-order valence-electron chi connectivity index (χ0n) is 16.4. The van der Waals surface area contributed by atoms with Crippen molar-refractivity contribution in [3.8, 4) is 11.3 Å². The molecule has 4 rings (SSSR count). The van der Waals surface area contributed by atoms with Crippen LogP contribution in [-0.2, 0) is 10.0 Å². The van der Waals surface area contributed by atoms with Gasteiger partial charge in [0.15, 0.2) is 5.13 Å². The number of carbonyl (C=O) groups is 1. The fourth-order valence-corrected chi connectivity index (χ4v) is 4.95. The number of benzene rings is 2. The number of hydrogen-bond donors (Lipinski definition) is 2. The Balaban J connectivity index is 1.49. The first kappa shape index (κ1) is 22.3. The number of carbonyl (C=O) groups excluding carboxylic acids is 1. The number of sulfonamides is 1. The van der Waals surface area contributed by atoms with Gasteiger partial charge in [-0.3, -0.25) is 9.52 Å². The lowest BCUT2D eigenvalue weighted by Gasteiger charge is -2.07. The molecular formula is C21H15Cl2N3O4S2. The summed E-state index contributed by atoms with van der Waals surface area (Å²) < 4.78 is 32.9. The number of amides is 1. The Kier molecular flexibility index (Phi) is 6.25. The molecule has 4 aromatic rings. The van der Waals surface area contributed by atoms with Crippen LogP contribution in [0.4, 0.5) is 10.8 Å². The molecule has 0 aliphatic carbocycles. The molecule has 2 aromatic heterocycles. The van der Waals surface area contributed by atoms with E-state index in [1.165, 1.54) is 41.8 Å². The van der Waals surface area contributed by atoms with Crippen LogP contribution in [0.5, 0.6) is 0 Å². The Bertz CT molecular complexity index is 1380. The van der Waals surface area contributed by atoms with Gasteiger partial charge in [-0.25, -0.2) is 13.4 Å². The van der Waals surface area contributed by atoms with Crippen molar-refractivity contribution in [3.63, 3.8) is 0 Å². The van der Waals surface area contributed by atoms with E-state index in [1.54, 1.807) is 36.6 Å². The van der Waals surface area contributed by atoms with E-state index in [1.807, 2.05) is 0 Å². The van der Waals surface area contributed by atoms with Crippen LogP contribution in [0.1, 0.15) is 16.1 Å². The zero-order chi connectivity index (χ0) is 22.9. The predicted octanol–water partition coefficient (Wildman–Crippen LogP) is 6.07. The molecule has 7 nitrogen and oxygen atoms in total. The molecule has 0 fully saturated rings. The van der Waals surface area contributed by atoms with Crippen molar-refractivity contribution in [2.45, 2.75) is 11.8 Å². The maximum Gasteiger partial charge on any atom is 0.263 e. The molecule has 0 radical (unpaired) electrons. The van der Waals surface area contributed by atoms with Crippen molar-refractivity contribution < 1.29 is 17.6 Å². The Morgan fingerprint density at radius 3 is 2.47 bits per heavy atom. The number of aromatic nitrogens is 1. The average Bonchev–Trinajstić information content (AvgIpc) is 3.39. The highest BCUT2D eigenvalue weighted by atomic mass is 35.5. The van der Waals surface area contributed by atoms with Gasteiger partial charge in [-0.2, -0.15) is 0 Å². The van der Waals surface area contributed by atoms with Gasteiger partial charge in [0, 0.05) is 22.8 Å². The van der Waals surface area contributed by atoms with Crippen molar-refractivity contribution in [2.24, 2.45) is 0 Å². The van der Waals surface area contributed by atoms with E-state index in [0.29, 0.717) is 38.4 Å². The summed E-state index contributed by atoms with van der Waals surface area (Å²) in [4.78, 5) is 16.7. The maximum atomic E-state index is 12.7. The molecule has 0 bridgehead atoms. The van der Waals surface area contributed by atoms with Gasteiger partial charge in [0.2, 0.25) is 0 Å². The van der Waals surface area contributed by atoms with Crippen LogP contribution in [0.3, 0.4) is 0 Å². The third-order valence-electron chi connectivity index (χ3n) is 4.44. The van der Waals surface area contributed by atoms with Crippen molar-refractivity contribution in [2.75, 3.05) is 10.0 Å². The summed E-state index contributed by atoms with van der Waals surface area (Å²) >= 11 is 13.2. The van der Waals surface area contributed by atoms with Crippen molar-refractivity contribution in [1.29, 1.82) is 0 Å². The molecule has 0 aliphatic rings. The third-order valence-corrected chi connectivity index (χ3v) is 7.35. The summed E-state index contributed by atoms with van der Waals surface area (Å²) in [6.45, 7) is 1.68. The van der Waals surface area contributed by atoms with Crippen LogP contribution < -0.4 is 10.0 Å². The molecule has 0 spiro atoms. The van der Waals surface area contributed by atoms with Crippen molar-refractivity contribution in [1.82, 2.24) is 4.98 Å².